The van der Waals surface area contributed by atoms with Crippen LogP contribution in [0.1, 0.15) is 36.2 Å². The topological polar surface area (TPSA) is 99.2 Å². The minimum absolute atomic E-state index is 0.0351. The van der Waals surface area contributed by atoms with Crippen LogP contribution in [0.3, 0.4) is 0 Å². The van der Waals surface area contributed by atoms with Crippen LogP contribution >= 0.6 is 11.6 Å². The number of nitrogens with zero attached hydrogens (tertiary/aromatic N) is 4. The van der Waals surface area contributed by atoms with Gasteiger partial charge < -0.3 is 9.84 Å². The Balaban J connectivity index is 1.92. The molecule has 2 aromatic rings. The third-order valence-corrected chi connectivity index (χ3v) is 4.19. The summed E-state index contributed by atoms with van der Waals surface area (Å²) in [5.74, 6) is 0.329. The molecule has 1 unspecified atom stereocenters. The Morgan fingerprint density at radius 2 is 2.19 bits per heavy atom. The number of aryl methyl sites for hydroxylation is 1. The number of fused-ring (bicyclic) bond motifs is 1. The molecule has 26 heavy (non-hydrogen) atoms. The van der Waals surface area contributed by atoms with Gasteiger partial charge in [-0.3, -0.25) is 4.98 Å². The highest BCUT2D eigenvalue weighted by Crippen LogP contribution is 2.31. The van der Waals surface area contributed by atoms with Crippen LogP contribution in [0.2, 0.25) is 5.02 Å². The summed E-state index contributed by atoms with van der Waals surface area (Å²) in [5, 5.41) is 12.6. The van der Waals surface area contributed by atoms with Gasteiger partial charge in [0.05, 0.1) is 22.8 Å². The molecule has 1 N–H and O–H groups in total. The molecule has 3 rings (SSSR count). The van der Waals surface area contributed by atoms with Crippen molar-refractivity contribution in [2.45, 2.75) is 38.2 Å². The zero-order valence-electron chi connectivity index (χ0n) is 13.0. The minimum Gasteiger partial charge on any atom is -0.450 e. The number of carbonyl (C=O) groups is 1. The molecular formula is C14H12ClF3N4O4. The molecule has 0 aliphatic carbocycles. The maximum absolute atomic E-state index is 12.7. The SMILES string of the molecule is O=C(O)OC1CCCc2nn(Cc3ncc(C(F)(F)F)cc3Cl)c(=O)n21. The van der Waals surface area contributed by atoms with Gasteiger partial charge in [-0.15, -0.1) is 0 Å². The second kappa shape index (κ2) is 6.63. The summed E-state index contributed by atoms with van der Waals surface area (Å²) in [4.78, 5) is 26.9. The standard InChI is InChI=1S/C14H12ClF3N4O4/c15-8-4-7(14(16,17)18)5-19-9(8)6-21-12(23)22-10(20-21)2-1-3-11(22)26-13(24)25/h4-5,11H,1-3,6H2,(H,24,25). The van der Waals surface area contributed by atoms with Gasteiger partial charge in [0, 0.05) is 19.0 Å². The van der Waals surface area contributed by atoms with E-state index in [0.717, 1.165) is 15.3 Å². The fourth-order valence-electron chi connectivity index (χ4n) is 2.70. The van der Waals surface area contributed by atoms with Gasteiger partial charge in [-0.2, -0.15) is 18.3 Å². The van der Waals surface area contributed by atoms with E-state index in [1.54, 1.807) is 0 Å². The number of hydrogen-bond acceptors (Lipinski definition) is 5. The molecule has 0 radical (unpaired) electrons. The van der Waals surface area contributed by atoms with Gasteiger partial charge in [0.25, 0.3) is 0 Å². The first-order valence-corrected chi connectivity index (χ1v) is 7.84. The van der Waals surface area contributed by atoms with E-state index in [1.807, 2.05) is 0 Å². The normalized spacial score (nSPS) is 17.0. The number of pyridine rings is 1. The van der Waals surface area contributed by atoms with Gasteiger partial charge in [0.15, 0.2) is 6.23 Å². The molecule has 0 aromatic carbocycles. The van der Waals surface area contributed by atoms with Gasteiger partial charge >= 0.3 is 18.0 Å². The van der Waals surface area contributed by atoms with Crippen LogP contribution in [0.4, 0.5) is 18.0 Å². The lowest BCUT2D eigenvalue weighted by molar-refractivity contribution is -0.137. The van der Waals surface area contributed by atoms with E-state index in [0.29, 0.717) is 31.3 Å². The lowest BCUT2D eigenvalue weighted by Gasteiger charge is -2.21. The molecular weight excluding hydrogens is 381 g/mol. The van der Waals surface area contributed by atoms with Crippen LogP contribution in [-0.2, 0) is 23.9 Å². The molecule has 0 saturated carbocycles. The van der Waals surface area contributed by atoms with Crippen molar-refractivity contribution in [3.05, 3.63) is 44.9 Å². The summed E-state index contributed by atoms with van der Waals surface area (Å²) in [5.41, 5.74) is -1.62. The Bertz CT molecular complexity index is 909. The van der Waals surface area contributed by atoms with Gasteiger partial charge in [-0.25, -0.2) is 18.8 Å². The van der Waals surface area contributed by atoms with E-state index < -0.39 is 29.8 Å². The number of carboxylic acid groups (broad SMARTS) is 1. The number of aromatic nitrogens is 4. The van der Waals surface area contributed by atoms with E-state index in [1.165, 1.54) is 0 Å². The van der Waals surface area contributed by atoms with Crippen LogP contribution in [0.5, 0.6) is 0 Å². The van der Waals surface area contributed by atoms with E-state index in [9.17, 15) is 22.8 Å². The first-order valence-electron chi connectivity index (χ1n) is 7.46. The maximum Gasteiger partial charge on any atom is 0.507 e. The molecule has 140 valence electrons. The average molecular weight is 393 g/mol. The maximum atomic E-state index is 12.7. The zero-order valence-corrected chi connectivity index (χ0v) is 13.8. The van der Waals surface area contributed by atoms with Crippen LogP contribution in [0, 0.1) is 0 Å². The molecule has 0 spiro atoms. The second-order valence-corrected chi connectivity index (χ2v) is 6.01. The fraction of sp³-hybridized carbons (Fsp3) is 0.429. The number of hydrogen-bond donors (Lipinski definition) is 1. The largest absolute Gasteiger partial charge is 0.507 e. The molecule has 8 nitrogen and oxygen atoms in total. The van der Waals surface area contributed by atoms with Gasteiger partial charge in [-0.05, 0) is 12.5 Å². The van der Waals surface area contributed by atoms with Crippen LogP contribution < -0.4 is 5.69 Å². The van der Waals surface area contributed by atoms with Crippen molar-refractivity contribution >= 4 is 17.8 Å². The summed E-state index contributed by atoms with van der Waals surface area (Å²) < 4.78 is 44.8. The zero-order chi connectivity index (χ0) is 19.1. The fourth-order valence-corrected chi connectivity index (χ4v) is 2.93. The highest BCUT2D eigenvalue weighted by molar-refractivity contribution is 6.31. The quantitative estimate of drug-likeness (QED) is 0.806. The molecule has 2 aromatic heterocycles. The van der Waals surface area contributed by atoms with E-state index in [2.05, 4.69) is 10.1 Å². The number of alkyl halides is 3. The van der Waals surface area contributed by atoms with Gasteiger partial charge in [0.1, 0.15) is 5.82 Å². The van der Waals surface area contributed by atoms with Gasteiger partial charge in [0.2, 0.25) is 0 Å². The minimum atomic E-state index is -4.58. The molecule has 0 bridgehead atoms. The van der Waals surface area contributed by atoms with Crippen molar-refractivity contribution in [3.63, 3.8) is 0 Å². The van der Waals surface area contributed by atoms with Gasteiger partial charge in [-0.1, -0.05) is 11.6 Å². The first-order chi connectivity index (χ1) is 12.2. The molecule has 0 saturated heterocycles. The monoisotopic (exact) mass is 392 g/mol. The Kier molecular flexibility index (Phi) is 4.65. The van der Waals surface area contributed by atoms with Crippen molar-refractivity contribution in [2.75, 3.05) is 0 Å². The van der Waals surface area contributed by atoms with E-state index in [4.69, 9.17) is 21.4 Å². The van der Waals surface area contributed by atoms with Crippen LogP contribution in [0.25, 0.3) is 0 Å². The Hall–Kier alpha value is -2.56. The third-order valence-electron chi connectivity index (χ3n) is 3.86. The van der Waals surface area contributed by atoms with Crippen molar-refractivity contribution < 1.29 is 27.8 Å². The Morgan fingerprint density at radius 3 is 2.81 bits per heavy atom. The Labute approximate surface area is 148 Å². The summed E-state index contributed by atoms with van der Waals surface area (Å²) in [7, 11) is 0. The highest BCUT2D eigenvalue weighted by Gasteiger charge is 2.32. The molecule has 1 aliphatic rings. The lowest BCUT2D eigenvalue weighted by Crippen LogP contribution is -2.33. The summed E-state index contributed by atoms with van der Waals surface area (Å²) in [6.07, 6.45) is -5.13. The molecule has 1 aliphatic heterocycles. The predicted molar refractivity (Wildman–Crippen MR) is 80.9 cm³/mol. The molecule has 1 atom stereocenters. The van der Waals surface area contributed by atoms with Crippen molar-refractivity contribution in [1.29, 1.82) is 0 Å². The summed E-state index contributed by atoms with van der Waals surface area (Å²) in [6, 6.07) is 0.723. The molecule has 12 heteroatoms. The van der Waals surface area contributed by atoms with Crippen molar-refractivity contribution in [2.24, 2.45) is 0 Å². The van der Waals surface area contributed by atoms with E-state index >= 15 is 0 Å². The highest BCUT2D eigenvalue weighted by atomic mass is 35.5. The van der Waals surface area contributed by atoms with Crippen LogP contribution in [-0.4, -0.2) is 30.6 Å². The predicted octanol–water partition coefficient (Wildman–Crippen LogP) is 2.69. The smallest absolute Gasteiger partial charge is 0.450 e. The second-order valence-electron chi connectivity index (χ2n) is 5.61. The first kappa shape index (κ1) is 18.2. The number of ether oxygens (including phenoxy) is 1. The Morgan fingerprint density at radius 1 is 1.46 bits per heavy atom. The summed E-state index contributed by atoms with van der Waals surface area (Å²) >= 11 is 5.85. The molecule has 0 fully saturated rings. The third kappa shape index (κ3) is 3.52. The molecule has 0 amide bonds. The van der Waals surface area contributed by atoms with Crippen molar-refractivity contribution in [1.82, 2.24) is 19.3 Å². The average Bonchev–Trinajstić information content (AvgIpc) is 2.85. The van der Waals surface area contributed by atoms with E-state index in [-0.39, 0.29) is 17.3 Å². The molecule has 3 heterocycles. The van der Waals surface area contributed by atoms with Crippen LogP contribution in [0.15, 0.2) is 17.1 Å². The number of halogens is 4. The lowest BCUT2D eigenvalue weighted by atomic mass is 10.1. The number of rotatable bonds is 3. The summed E-state index contributed by atoms with van der Waals surface area (Å²) in [6.45, 7) is -0.254. The van der Waals surface area contributed by atoms with Crippen molar-refractivity contribution in [3.8, 4) is 0 Å².